The molecule has 1 atom stereocenters. The van der Waals surface area contributed by atoms with Gasteiger partial charge in [-0.05, 0) is 44.5 Å². The molecule has 3 aromatic rings. The lowest BCUT2D eigenvalue weighted by molar-refractivity contribution is -0.119. The van der Waals surface area contributed by atoms with E-state index in [0.29, 0.717) is 24.0 Å². The molecule has 0 radical (unpaired) electrons. The average Bonchev–Trinajstić information content (AvgIpc) is 3.05. The average molecular weight is 427 g/mol. The number of imidazole rings is 1. The summed E-state index contributed by atoms with van der Waals surface area (Å²) in [4.78, 5) is 29.5. The number of para-hydroxylation sites is 2. The maximum Gasteiger partial charge on any atom is 0.325 e. The lowest BCUT2D eigenvalue weighted by atomic mass is 10.1. The van der Waals surface area contributed by atoms with Gasteiger partial charge in [0, 0.05) is 19.3 Å². The Kier molecular flexibility index (Phi) is 7.12. The van der Waals surface area contributed by atoms with Crippen LogP contribution in [0.3, 0.4) is 0 Å². The van der Waals surface area contributed by atoms with Crippen LogP contribution in [0.2, 0.25) is 0 Å². The fraction of sp³-hybridized carbons (Fsp3) is 0.318. The van der Waals surface area contributed by atoms with Crippen molar-refractivity contribution >= 4 is 40.4 Å². The summed E-state index contributed by atoms with van der Waals surface area (Å²) in [6.07, 6.45) is 0. The van der Waals surface area contributed by atoms with E-state index >= 15 is 0 Å². The SMILES string of the molecule is COCCn1c(SC(C)C(=O)NC(=O)Nc2ccc(C)cc2C)nc2ccccc21. The van der Waals surface area contributed by atoms with Gasteiger partial charge in [-0.3, -0.25) is 10.1 Å². The highest BCUT2D eigenvalue weighted by atomic mass is 32.2. The van der Waals surface area contributed by atoms with E-state index in [1.807, 2.05) is 60.9 Å². The van der Waals surface area contributed by atoms with Crippen LogP contribution in [-0.2, 0) is 16.1 Å². The van der Waals surface area contributed by atoms with Crippen molar-refractivity contribution in [1.82, 2.24) is 14.9 Å². The molecule has 0 aliphatic rings. The molecule has 8 heteroatoms. The Hall–Kier alpha value is -2.84. The first-order valence-electron chi connectivity index (χ1n) is 9.69. The molecule has 1 aromatic heterocycles. The van der Waals surface area contributed by atoms with Crippen molar-refractivity contribution in [2.75, 3.05) is 19.0 Å². The van der Waals surface area contributed by atoms with E-state index in [0.717, 1.165) is 22.2 Å². The number of carbonyl (C=O) groups is 2. The van der Waals surface area contributed by atoms with Gasteiger partial charge in [-0.1, -0.05) is 41.6 Å². The molecule has 0 saturated carbocycles. The van der Waals surface area contributed by atoms with Crippen LogP contribution in [0, 0.1) is 13.8 Å². The van der Waals surface area contributed by atoms with Crippen LogP contribution in [0.1, 0.15) is 18.1 Å². The summed E-state index contributed by atoms with van der Waals surface area (Å²) >= 11 is 1.31. The zero-order valence-electron chi connectivity index (χ0n) is 17.6. The molecule has 0 aliphatic carbocycles. The molecule has 158 valence electrons. The van der Waals surface area contributed by atoms with E-state index < -0.39 is 11.3 Å². The number of benzene rings is 2. The number of aryl methyl sites for hydroxylation is 2. The van der Waals surface area contributed by atoms with Crippen LogP contribution >= 0.6 is 11.8 Å². The van der Waals surface area contributed by atoms with Gasteiger partial charge in [-0.25, -0.2) is 9.78 Å². The number of fused-ring (bicyclic) bond motifs is 1. The van der Waals surface area contributed by atoms with Crippen molar-refractivity contribution in [3.8, 4) is 0 Å². The second kappa shape index (κ2) is 9.77. The normalized spacial score (nSPS) is 12.0. The van der Waals surface area contributed by atoms with Crippen molar-refractivity contribution in [2.24, 2.45) is 0 Å². The van der Waals surface area contributed by atoms with E-state index in [4.69, 9.17) is 4.74 Å². The minimum atomic E-state index is -0.549. The molecule has 0 saturated heterocycles. The molecular weight excluding hydrogens is 400 g/mol. The summed E-state index contributed by atoms with van der Waals surface area (Å²) in [7, 11) is 1.65. The molecule has 0 spiro atoms. The summed E-state index contributed by atoms with van der Waals surface area (Å²) in [6.45, 7) is 6.81. The zero-order chi connectivity index (χ0) is 21.7. The first-order valence-corrected chi connectivity index (χ1v) is 10.6. The van der Waals surface area contributed by atoms with E-state index in [-0.39, 0.29) is 5.91 Å². The number of amides is 3. The van der Waals surface area contributed by atoms with Crippen molar-refractivity contribution in [3.63, 3.8) is 0 Å². The number of nitrogens with zero attached hydrogens (tertiary/aromatic N) is 2. The quantitative estimate of drug-likeness (QED) is 0.555. The van der Waals surface area contributed by atoms with Gasteiger partial charge in [0.15, 0.2) is 5.16 Å². The third kappa shape index (κ3) is 5.20. The highest BCUT2D eigenvalue weighted by Gasteiger charge is 2.21. The maximum atomic E-state index is 12.6. The number of anilines is 1. The summed E-state index contributed by atoms with van der Waals surface area (Å²) in [5.41, 5.74) is 4.56. The number of ether oxygens (including phenoxy) is 1. The highest BCUT2D eigenvalue weighted by molar-refractivity contribution is 8.00. The number of nitrogens with one attached hydrogen (secondary N) is 2. The van der Waals surface area contributed by atoms with Crippen molar-refractivity contribution in [2.45, 2.75) is 37.7 Å². The second-order valence-electron chi connectivity index (χ2n) is 7.05. The summed E-state index contributed by atoms with van der Waals surface area (Å²) in [5.74, 6) is -0.382. The number of rotatable bonds is 7. The Morgan fingerprint density at radius 3 is 2.70 bits per heavy atom. The number of thioether (sulfide) groups is 1. The molecule has 7 nitrogen and oxygen atoms in total. The molecule has 0 aliphatic heterocycles. The standard InChI is InChI=1S/C22H26N4O3S/c1-14-9-10-17(15(2)13-14)23-21(28)25-20(27)16(3)30-22-24-18-7-5-6-8-19(18)26(22)11-12-29-4/h5-10,13,16H,11-12H2,1-4H3,(H2,23,25,27,28). The van der Waals surface area contributed by atoms with Crippen LogP contribution in [0.4, 0.5) is 10.5 Å². The molecular formula is C22H26N4O3S. The van der Waals surface area contributed by atoms with Gasteiger partial charge < -0.3 is 14.6 Å². The molecule has 1 unspecified atom stereocenters. The van der Waals surface area contributed by atoms with Gasteiger partial charge in [0.2, 0.25) is 5.91 Å². The number of hydrogen-bond donors (Lipinski definition) is 2. The Balaban J connectivity index is 1.67. The molecule has 1 heterocycles. The van der Waals surface area contributed by atoms with E-state index in [1.165, 1.54) is 11.8 Å². The number of imide groups is 1. The fourth-order valence-electron chi connectivity index (χ4n) is 3.07. The van der Waals surface area contributed by atoms with Crippen molar-refractivity contribution in [1.29, 1.82) is 0 Å². The molecule has 2 aromatic carbocycles. The van der Waals surface area contributed by atoms with Gasteiger partial charge in [-0.2, -0.15) is 0 Å². The molecule has 3 rings (SSSR count). The Morgan fingerprint density at radius 1 is 1.20 bits per heavy atom. The maximum absolute atomic E-state index is 12.6. The van der Waals surface area contributed by atoms with Gasteiger partial charge >= 0.3 is 6.03 Å². The van der Waals surface area contributed by atoms with E-state index in [9.17, 15) is 9.59 Å². The third-order valence-electron chi connectivity index (χ3n) is 4.66. The molecule has 0 bridgehead atoms. The zero-order valence-corrected chi connectivity index (χ0v) is 18.4. The van der Waals surface area contributed by atoms with E-state index in [1.54, 1.807) is 14.0 Å². The number of urea groups is 1. The van der Waals surface area contributed by atoms with Crippen LogP contribution in [0.5, 0.6) is 0 Å². The van der Waals surface area contributed by atoms with Crippen LogP contribution in [-0.4, -0.2) is 40.5 Å². The monoisotopic (exact) mass is 426 g/mol. The summed E-state index contributed by atoms with van der Waals surface area (Å²) in [6, 6.07) is 13.0. The molecule has 2 N–H and O–H groups in total. The highest BCUT2D eigenvalue weighted by Crippen LogP contribution is 2.27. The minimum absolute atomic E-state index is 0.382. The van der Waals surface area contributed by atoms with Gasteiger partial charge in [0.1, 0.15) is 0 Å². The number of hydrogen-bond acceptors (Lipinski definition) is 5. The van der Waals surface area contributed by atoms with E-state index in [2.05, 4.69) is 15.6 Å². The Morgan fingerprint density at radius 2 is 1.97 bits per heavy atom. The number of aromatic nitrogens is 2. The number of carbonyl (C=O) groups excluding carboxylic acids is 2. The van der Waals surface area contributed by atoms with Gasteiger partial charge in [0.25, 0.3) is 0 Å². The lowest BCUT2D eigenvalue weighted by Crippen LogP contribution is -2.39. The van der Waals surface area contributed by atoms with Crippen molar-refractivity contribution in [3.05, 3.63) is 53.6 Å². The first kappa shape index (κ1) is 21.9. The molecule has 3 amide bonds. The molecule has 0 fully saturated rings. The summed E-state index contributed by atoms with van der Waals surface area (Å²) < 4.78 is 7.24. The number of methoxy groups -OCH3 is 1. The van der Waals surface area contributed by atoms with Crippen LogP contribution in [0.25, 0.3) is 11.0 Å². The van der Waals surface area contributed by atoms with Crippen LogP contribution < -0.4 is 10.6 Å². The Labute approximate surface area is 180 Å². The smallest absolute Gasteiger partial charge is 0.325 e. The minimum Gasteiger partial charge on any atom is -0.383 e. The largest absolute Gasteiger partial charge is 0.383 e. The van der Waals surface area contributed by atoms with Gasteiger partial charge in [-0.15, -0.1) is 0 Å². The lowest BCUT2D eigenvalue weighted by Gasteiger charge is -2.14. The fourth-order valence-corrected chi connectivity index (χ4v) is 4.02. The molecule has 30 heavy (non-hydrogen) atoms. The topological polar surface area (TPSA) is 85.2 Å². The Bertz CT molecular complexity index is 1060. The predicted molar refractivity (Wildman–Crippen MR) is 120 cm³/mol. The van der Waals surface area contributed by atoms with Gasteiger partial charge in [0.05, 0.1) is 22.9 Å². The second-order valence-corrected chi connectivity index (χ2v) is 8.36. The summed E-state index contributed by atoms with van der Waals surface area (Å²) in [5, 5.41) is 5.35. The predicted octanol–water partition coefficient (Wildman–Crippen LogP) is 4.13. The van der Waals surface area contributed by atoms with Crippen molar-refractivity contribution < 1.29 is 14.3 Å². The van der Waals surface area contributed by atoms with Crippen LogP contribution in [0.15, 0.2) is 47.6 Å². The third-order valence-corrected chi connectivity index (χ3v) is 5.75. The first-order chi connectivity index (χ1) is 14.4.